The van der Waals surface area contributed by atoms with Gasteiger partial charge in [0.1, 0.15) is 22.2 Å². The lowest BCUT2D eigenvalue weighted by atomic mass is 10.3. The van der Waals surface area contributed by atoms with Gasteiger partial charge < -0.3 is 10.5 Å². The maximum atomic E-state index is 5.65. The van der Waals surface area contributed by atoms with Crippen molar-refractivity contribution in [3.05, 3.63) is 52.8 Å². The minimum Gasteiger partial charge on any atom is -0.457 e. The normalized spacial score (nSPS) is 9.94. The van der Waals surface area contributed by atoms with Gasteiger partial charge in [-0.05, 0) is 30.3 Å². The average Bonchev–Trinajstić information content (AvgIpc) is 2.32. The number of benzene rings is 1. The third kappa shape index (κ3) is 3.25. The van der Waals surface area contributed by atoms with Crippen LogP contribution in [-0.2, 0) is 0 Å². The van der Waals surface area contributed by atoms with E-state index in [1.165, 1.54) is 0 Å². The van der Waals surface area contributed by atoms with Crippen molar-refractivity contribution in [1.82, 2.24) is 4.98 Å². The van der Waals surface area contributed by atoms with Crippen molar-refractivity contribution in [2.45, 2.75) is 0 Å². The monoisotopic (exact) mass is 308 g/mol. The first-order chi connectivity index (χ1) is 8.15. The fraction of sp³-hybridized carbons (Fsp3) is 0. The fourth-order valence-corrected chi connectivity index (χ4v) is 1.62. The Morgan fingerprint density at radius 1 is 1.18 bits per heavy atom. The summed E-state index contributed by atoms with van der Waals surface area (Å²) in [6, 6.07) is 11.0. The zero-order valence-electron chi connectivity index (χ0n) is 8.76. The van der Waals surface area contributed by atoms with Gasteiger partial charge in [-0.15, -0.1) is 0 Å². The maximum absolute atomic E-state index is 5.65. The molecule has 1 aromatic carbocycles. The van der Waals surface area contributed by atoms with Crippen LogP contribution in [0.3, 0.4) is 0 Å². The molecular weight excluding hydrogens is 300 g/mol. The van der Waals surface area contributed by atoms with Crippen LogP contribution in [0.25, 0.3) is 0 Å². The molecule has 86 valence electrons. The van der Waals surface area contributed by atoms with E-state index in [0.29, 0.717) is 11.4 Å². The summed E-state index contributed by atoms with van der Waals surface area (Å²) in [4.78, 5) is 4.30. The molecule has 0 saturated heterocycles. The number of aromatic nitrogens is 1. The minimum atomic E-state index is 0.256. The van der Waals surface area contributed by atoms with Gasteiger partial charge >= 0.3 is 0 Å². The van der Waals surface area contributed by atoms with Gasteiger partial charge in [0.05, 0.1) is 0 Å². The number of pyridine rings is 1. The number of ether oxygens (including phenoxy) is 1. The van der Waals surface area contributed by atoms with E-state index in [-0.39, 0.29) is 4.99 Å². The lowest BCUT2D eigenvalue weighted by molar-refractivity contribution is 0.481. The molecule has 0 unspecified atom stereocenters. The highest BCUT2D eigenvalue weighted by Gasteiger charge is 2.02. The third-order valence-electron chi connectivity index (χ3n) is 2.03. The maximum Gasteiger partial charge on any atom is 0.131 e. The first-order valence-electron chi connectivity index (χ1n) is 4.84. The van der Waals surface area contributed by atoms with Crippen LogP contribution >= 0.6 is 28.1 Å². The van der Waals surface area contributed by atoms with Crippen molar-refractivity contribution in [3.63, 3.8) is 0 Å². The molecule has 0 aliphatic heterocycles. The number of thiocarbonyl (C=S) groups is 1. The summed E-state index contributed by atoms with van der Waals surface area (Å²) in [5.41, 5.74) is 6.05. The van der Waals surface area contributed by atoms with Gasteiger partial charge in [0.15, 0.2) is 0 Å². The summed E-state index contributed by atoms with van der Waals surface area (Å²) in [7, 11) is 0. The quantitative estimate of drug-likeness (QED) is 0.884. The number of rotatable bonds is 3. The Bertz CT molecular complexity index is 542. The van der Waals surface area contributed by atoms with Gasteiger partial charge in [-0.2, -0.15) is 0 Å². The number of hydrogen-bond acceptors (Lipinski definition) is 3. The fourth-order valence-electron chi connectivity index (χ4n) is 1.25. The molecule has 0 fully saturated rings. The second-order valence-electron chi connectivity index (χ2n) is 3.30. The zero-order chi connectivity index (χ0) is 12.3. The van der Waals surface area contributed by atoms with Gasteiger partial charge in [0, 0.05) is 16.7 Å². The molecule has 0 bridgehead atoms. The van der Waals surface area contributed by atoms with E-state index in [1.807, 2.05) is 24.3 Å². The molecule has 2 N–H and O–H groups in total. The molecule has 0 radical (unpaired) electrons. The van der Waals surface area contributed by atoms with E-state index < -0.39 is 0 Å². The van der Waals surface area contributed by atoms with E-state index in [1.54, 1.807) is 18.3 Å². The van der Waals surface area contributed by atoms with Crippen LogP contribution in [-0.4, -0.2) is 9.97 Å². The Labute approximate surface area is 113 Å². The molecule has 2 rings (SSSR count). The summed E-state index contributed by atoms with van der Waals surface area (Å²) in [6.07, 6.45) is 1.61. The molecule has 0 saturated carbocycles. The number of hydrogen-bond donors (Lipinski definition) is 1. The average molecular weight is 309 g/mol. The third-order valence-corrected chi connectivity index (χ3v) is 2.77. The Morgan fingerprint density at radius 2 is 1.88 bits per heavy atom. The molecule has 3 nitrogen and oxygen atoms in total. The molecule has 0 aliphatic rings. The Hall–Kier alpha value is -1.46. The van der Waals surface area contributed by atoms with Crippen molar-refractivity contribution in [2.24, 2.45) is 5.73 Å². The van der Waals surface area contributed by atoms with Crippen molar-refractivity contribution in [2.75, 3.05) is 0 Å². The molecule has 5 heteroatoms. The number of nitrogens with two attached hydrogens (primary N) is 1. The Balaban J connectivity index is 2.21. The van der Waals surface area contributed by atoms with Crippen LogP contribution in [0.1, 0.15) is 5.69 Å². The highest BCUT2D eigenvalue weighted by Crippen LogP contribution is 2.23. The second-order valence-corrected chi connectivity index (χ2v) is 4.65. The van der Waals surface area contributed by atoms with Crippen LogP contribution in [0.4, 0.5) is 0 Å². The highest BCUT2D eigenvalue weighted by atomic mass is 79.9. The van der Waals surface area contributed by atoms with Gasteiger partial charge in [-0.1, -0.05) is 28.1 Å². The Kier molecular flexibility index (Phi) is 3.71. The standard InChI is InChI=1S/C12H9BrN2OS/c13-8-1-3-9(4-2-8)16-10-5-6-15-11(7-10)12(14)17/h1-7H,(H2,14,17). The van der Waals surface area contributed by atoms with Crippen LogP contribution in [0, 0.1) is 0 Å². The summed E-state index contributed by atoms with van der Waals surface area (Å²) in [6.45, 7) is 0. The zero-order valence-corrected chi connectivity index (χ0v) is 11.2. The molecule has 0 amide bonds. The second kappa shape index (κ2) is 5.25. The van der Waals surface area contributed by atoms with Gasteiger partial charge in [-0.25, -0.2) is 0 Å². The lowest BCUT2D eigenvalue weighted by Gasteiger charge is -2.06. The first kappa shape index (κ1) is 12.0. The molecular formula is C12H9BrN2OS. The predicted octanol–water partition coefficient (Wildman–Crippen LogP) is 3.27. The summed E-state index contributed by atoms with van der Waals surface area (Å²) in [5, 5.41) is 0. The van der Waals surface area contributed by atoms with Gasteiger partial charge in [0.25, 0.3) is 0 Å². The molecule has 1 heterocycles. The van der Waals surface area contributed by atoms with E-state index in [0.717, 1.165) is 10.2 Å². The summed E-state index contributed by atoms with van der Waals surface area (Å²) >= 11 is 8.22. The van der Waals surface area contributed by atoms with Crippen molar-refractivity contribution in [1.29, 1.82) is 0 Å². The molecule has 2 aromatic rings. The van der Waals surface area contributed by atoms with E-state index in [9.17, 15) is 0 Å². The lowest BCUT2D eigenvalue weighted by Crippen LogP contribution is -2.11. The van der Waals surface area contributed by atoms with Crippen molar-refractivity contribution in [3.8, 4) is 11.5 Å². The topological polar surface area (TPSA) is 48.1 Å². The minimum absolute atomic E-state index is 0.256. The first-order valence-corrected chi connectivity index (χ1v) is 6.04. The summed E-state index contributed by atoms with van der Waals surface area (Å²) < 4.78 is 6.65. The van der Waals surface area contributed by atoms with Crippen molar-refractivity contribution >= 4 is 33.1 Å². The molecule has 0 spiro atoms. The highest BCUT2D eigenvalue weighted by molar-refractivity contribution is 9.10. The summed E-state index contributed by atoms with van der Waals surface area (Å²) in [5.74, 6) is 1.40. The van der Waals surface area contributed by atoms with Crippen LogP contribution < -0.4 is 10.5 Å². The number of halogens is 1. The SMILES string of the molecule is NC(=S)c1cc(Oc2ccc(Br)cc2)ccn1. The molecule has 1 aromatic heterocycles. The van der Waals surface area contributed by atoms with Crippen LogP contribution in [0.2, 0.25) is 0 Å². The van der Waals surface area contributed by atoms with E-state index in [2.05, 4.69) is 20.9 Å². The Morgan fingerprint density at radius 3 is 2.53 bits per heavy atom. The largest absolute Gasteiger partial charge is 0.457 e. The molecule has 0 aliphatic carbocycles. The molecule has 0 atom stereocenters. The van der Waals surface area contributed by atoms with E-state index >= 15 is 0 Å². The number of nitrogens with zero attached hydrogens (tertiary/aromatic N) is 1. The van der Waals surface area contributed by atoms with Crippen LogP contribution in [0.15, 0.2) is 47.1 Å². The van der Waals surface area contributed by atoms with Gasteiger partial charge in [0.2, 0.25) is 0 Å². The predicted molar refractivity (Wildman–Crippen MR) is 74.3 cm³/mol. The van der Waals surface area contributed by atoms with E-state index in [4.69, 9.17) is 22.7 Å². The van der Waals surface area contributed by atoms with Crippen LogP contribution in [0.5, 0.6) is 11.5 Å². The van der Waals surface area contributed by atoms with Crippen molar-refractivity contribution < 1.29 is 4.74 Å². The molecule has 17 heavy (non-hydrogen) atoms. The van der Waals surface area contributed by atoms with Gasteiger partial charge in [-0.3, -0.25) is 4.98 Å². The smallest absolute Gasteiger partial charge is 0.131 e.